The molecule has 0 aliphatic carbocycles. The molecule has 1 aromatic carbocycles. The van der Waals surface area contributed by atoms with Crippen molar-refractivity contribution in [3.05, 3.63) is 86.9 Å². The quantitative estimate of drug-likeness (QED) is 0.319. The molecule has 0 saturated carbocycles. The summed E-state index contributed by atoms with van der Waals surface area (Å²) in [6.45, 7) is 7.00. The fourth-order valence-electron chi connectivity index (χ4n) is 5.23. The van der Waals surface area contributed by atoms with Crippen LogP contribution >= 0.6 is 11.3 Å². The molecule has 9 nitrogen and oxygen atoms in total. The van der Waals surface area contributed by atoms with Crippen molar-refractivity contribution >= 4 is 22.2 Å². The molecule has 2 N–H and O–H groups in total. The first-order chi connectivity index (χ1) is 19.2. The van der Waals surface area contributed by atoms with Crippen LogP contribution < -0.4 is 10.9 Å². The second kappa shape index (κ2) is 10.4. The second-order valence-electron chi connectivity index (χ2n) is 11.0. The monoisotopic (exact) mass is 556 g/mol. The fraction of sp³-hybridized carbons (Fsp3) is 0.333. The van der Waals surface area contributed by atoms with Crippen LogP contribution in [0.5, 0.6) is 0 Å². The van der Waals surface area contributed by atoms with E-state index in [0.29, 0.717) is 24.5 Å². The van der Waals surface area contributed by atoms with Crippen molar-refractivity contribution in [3.63, 3.8) is 0 Å². The third-order valence-electron chi connectivity index (χ3n) is 7.05. The van der Waals surface area contributed by atoms with E-state index in [2.05, 4.69) is 27.9 Å². The molecule has 0 bridgehead atoms. The van der Waals surface area contributed by atoms with Gasteiger partial charge in [-0.1, -0.05) is 12.1 Å². The maximum atomic E-state index is 12.3. The molecule has 0 amide bonds. The normalized spacial score (nSPS) is 17.9. The van der Waals surface area contributed by atoms with Gasteiger partial charge in [0.15, 0.2) is 5.82 Å². The van der Waals surface area contributed by atoms with Crippen LogP contribution in [-0.2, 0) is 18.3 Å². The van der Waals surface area contributed by atoms with Crippen LogP contribution in [0, 0.1) is 6.92 Å². The molecule has 0 radical (unpaired) electrons. The Labute approximate surface area is 236 Å². The lowest BCUT2D eigenvalue weighted by Gasteiger charge is -2.32. The number of aryl methyl sites for hydroxylation is 2. The summed E-state index contributed by atoms with van der Waals surface area (Å²) < 4.78 is 9.75. The first-order valence-corrected chi connectivity index (χ1v) is 14.2. The highest BCUT2D eigenvalue weighted by atomic mass is 32.1. The first-order valence-electron chi connectivity index (χ1n) is 13.3. The van der Waals surface area contributed by atoms with Gasteiger partial charge >= 0.3 is 0 Å². The van der Waals surface area contributed by atoms with Gasteiger partial charge in [0, 0.05) is 41.8 Å². The number of benzene rings is 1. The molecule has 10 heteroatoms. The number of nitrogens with one attached hydrogen (secondary N) is 1. The van der Waals surface area contributed by atoms with Crippen LogP contribution in [0.4, 0.5) is 0 Å². The lowest BCUT2D eigenvalue weighted by molar-refractivity contribution is -0.00694. The van der Waals surface area contributed by atoms with Gasteiger partial charge in [0.25, 0.3) is 5.56 Å². The number of fused-ring (bicyclic) bond motifs is 1. The highest BCUT2D eigenvalue weighted by Crippen LogP contribution is 2.39. The topological polar surface area (TPSA) is 107 Å². The van der Waals surface area contributed by atoms with E-state index < -0.39 is 5.60 Å². The summed E-state index contributed by atoms with van der Waals surface area (Å²) >= 11 is 1.69. The van der Waals surface area contributed by atoms with E-state index in [1.807, 2.05) is 43.6 Å². The van der Waals surface area contributed by atoms with Crippen molar-refractivity contribution in [2.75, 3.05) is 13.2 Å². The van der Waals surface area contributed by atoms with Gasteiger partial charge in [-0.25, -0.2) is 9.97 Å². The van der Waals surface area contributed by atoms with Crippen LogP contribution in [0.1, 0.15) is 42.1 Å². The zero-order valence-corrected chi connectivity index (χ0v) is 23.8. The zero-order chi connectivity index (χ0) is 28.0. The van der Waals surface area contributed by atoms with Gasteiger partial charge in [-0.3, -0.25) is 9.48 Å². The molecular formula is C30H32N6O3S. The molecule has 1 saturated heterocycles. The summed E-state index contributed by atoms with van der Waals surface area (Å²) in [7, 11) is 1.77. The highest BCUT2D eigenvalue weighted by Gasteiger charge is 2.32. The smallest absolute Gasteiger partial charge is 0.253 e. The number of pyridine rings is 1. The van der Waals surface area contributed by atoms with Crippen LogP contribution in [-0.4, -0.2) is 48.2 Å². The average Bonchev–Trinajstić information content (AvgIpc) is 3.62. The van der Waals surface area contributed by atoms with E-state index in [-0.39, 0.29) is 17.7 Å². The van der Waals surface area contributed by atoms with Gasteiger partial charge in [-0.05, 0) is 61.5 Å². The number of rotatable bonds is 6. The van der Waals surface area contributed by atoms with Crippen LogP contribution in [0.2, 0.25) is 0 Å². The van der Waals surface area contributed by atoms with Crippen LogP contribution in [0.15, 0.2) is 65.2 Å². The van der Waals surface area contributed by atoms with Crippen molar-refractivity contribution in [3.8, 4) is 22.5 Å². The molecule has 5 aromatic rings. The van der Waals surface area contributed by atoms with Crippen molar-refractivity contribution in [2.24, 2.45) is 7.05 Å². The summed E-state index contributed by atoms with van der Waals surface area (Å²) in [5.74, 6) is 0.550. The Bertz CT molecular complexity index is 1710. The van der Waals surface area contributed by atoms with E-state index in [9.17, 15) is 9.90 Å². The van der Waals surface area contributed by atoms with Crippen LogP contribution in [0.3, 0.4) is 0 Å². The number of hydrogen-bond donors (Lipinski definition) is 2. The molecule has 1 aliphatic rings. The minimum Gasteiger partial charge on any atom is -0.389 e. The van der Waals surface area contributed by atoms with Gasteiger partial charge in [0.1, 0.15) is 6.10 Å². The van der Waals surface area contributed by atoms with E-state index in [0.717, 1.165) is 39.8 Å². The molecule has 0 spiro atoms. The number of thiophene rings is 1. The fourth-order valence-corrected chi connectivity index (χ4v) is 6.06. The van der Waals surface area contributed by atoms with E-state index in [1.165, 1.54) is 4.88 Å². The SMILES string of the molecule is Cc1cc(-c2ccc3nc(-c4cnn(CC(C)(C)O)c4)nc(C4OCCNC4c4cccs4)c3c2)cn(C)c1=O. The van der Waals surface area contributed by atoms with E-state index >= 15 is 0 Å². The Morgan fingerprint density at radius 3 is 2.75 bits per heavy atom. The van der Waals surface area contributed by atoms with Crippen molar-refractivity contribution in [1.29, 1.82) is 0 Å². The van der Waals surface area contributed by atoms with Gasteiger partial charge in [0.05, 0.1) is 47.8 Å². The predicted octanol–water partition coefficient (Wildman–Crippen LogP) is 4.40. The minimum absolute atomic E-state index is 0.0104. The second-order valence-corrected chi connectivity index (χ2v) is 11.9. The van der Waals surface area contributed by atoms with Gasteiger partial charge in [-0.15, -0.1) is 11.3 Å². The number of ether oxygens (including phenoxy) is 1. The van der Waals surface area contributed by atoms with Gasteiger partial charge in [-0.2, -0.15) is 5.10 Å². The largest absolute Gasteiger partial charge is 0.389 e. The Morgan fingerprint density at radius 2 is 2.00 bits per heavy atom. The molecule has 1 fully saturated rings. The number of aliphatic hydroxyl groups is 1. The van der Waals surface area contributed by atoms with Gasteiger partial charge in [0.2, 0.25) is 0 Å². The zero-order valence-electron chi connectivity index (χ0n) is 23.0. The number of aromatic nitrogens is 5. The summed E-state index contributed by atoms with van der Waals surface area (Å²) in [6, 6.07) is 12.1. The Balaban J connectivity index is 1.52. The number of nitrogens with zero attached hydrogens (tertiary/aromatic N) is 5. The first kappa shape index (κ1) is 26.5. The van der Waals surface area contributed by atoms with Crippen molar-refractivity contribution in [1.82, 2.24) is 29.6 Å². The highest BCUT2D eigenvalue weighted by molar-refractivity contribution is 7.10. The molecule has 4 aromatic heterocycles. The molecule has 1 aliphatic heterocycles. The summed E-state index contributed by atoms with van der Waals surface area (Å²) in [4.78, 5) is 23.5. The number of morpholine rings is 1. The summed E-state index contributed by atoms with van der Waals surface area (Å²) in [6.07, 6.45) is 5.12. The Morgan fingerprint density at radius 1 is 1.15 bits per heavy atom. The molecule has 2 atom stereocenters. The third kappa shape index (κ3) is 5.23. The Hall–Kier alpha value is -3.70. The summed E-state index contributed by atoms with van der Waals surface area (Å²) in [5.41, 5.74) is 4.05. The minimum atomic E-state index is -0.899. The summed E-state index contributed by atoms with van der Waals surface area (Å²) in [5, 5.41) is 21.3. The average molecular weight is 557 g/mol. The molecular weight excluding hydrogens is 524 g/mol. The predicted molar refractivity (Wildman–Crippen MR) is 156 cm³/mol. The van der Waals surface area contributed by atoms with E-state index in [4.69, 9.17) is 14.7 Å². The molecule has 40 heavy (non-hydrogen) atoms. The van der Waals surface area contributed by atoms with E-state index in [1.54, 1.807) is 47.7 Å². The van der Waals surface area contributed by atoms with Crippen LogP contribution in [0.25, 0.3) is 33.4 Å². The lowest BCUT2D eigenvalue weighted by atomic mass is 9.97. The van der Waals surface area contributed by atoms with Crippen molar-refractivity contribution < 1.29 is 9.84 Å². The molecule has 2 unspecified atom stereocenters. The third-order valence-corrected chi connectivity index (χ3v) is 8.00. The van der Waals surface area contributed by atoms with Gasteiger partial charge < -0.3 is 19.7 Å². The standard InChI is InChI=1S/C30H32N6O3S/c1-18-12-20(15-35(4)29(18)37)19-7-8-23-22(13-19)25(27-26(31-9-10-39-27)24-6-5-11-40-24)34-28(33-23)21-14-32-36(16-21)17-30(2,3)38/h5-8,11-16,26-27,31,38H,9-10,17H2,1-4H3. The maximum absolute atomic E-state index is 12.3. The maximum Gasteiger partial charge on any atom is 0.253 e. The van der Waals surface area contributed by atoms with Crippen molar-refractivity contribution in [2.45, 2.75) is 45.1 Å². The lowest BCUT2D eigenvalue weighted by Crippen LogP contribution is -2.37. The molecule has 206 valence electrons. The number of hydrogen-bond acceptors (Lipinski definition) is 8. The Kier molecular flexibility index (Phi) is 6.87. The molecule has 5 heterocycles. The molecule has 6 rings (SSSR count).